The van der Waals surface area contributed by atoms with E-state index in [1.165, 1.54) is 153 Å². The average molecular weight is 1720 g/mol. The highest BCUT2D eigenvalue weighted by Gasteiger charge is 2.38. The highest BCUT2D eigenvalue weighted by Crippen LogP contribution is 2.49. The van der Waals surface area contributed by atoms with E-state index in [4.69, 9.17) is 23.7 Å². The third kappa shape index (κ3) is 23.5. The molecule has 2 aliphatic rings. The second-order valence-electron chi connectivity index (χ2n) is 33.6. The third-order valence-corrected chi connectivity index (χ3v) is 25.6. The van der Waals surface area contributed by atoms with Crippen LogP contribution in [-0.2, 0) is 15.6 Å². The zero-order chi connectivity index (χ0) is 92.5. The smallest absolute Gasteiger partial charge is 0.343 e. The van der Waals surface area contributed by atoms with E-state index in [0.29, 0.717) is 45.3 Å². The fraction of sp³-hybridized carbons (Fsp3) is 0.261. The van der Waals surface area contributed by atoms with Gasteiger partial charge in [0, 0.05) is 27.8 Å². The van der Waals surface area contributed by atoms with Gasteiger partial charge in [0.05, 0.1) is 36.6 Å². The monoisotopic (exact) mass is 1710 g/mol. The van der Waals surface area contributed by atoms with Crippen LogP contribution in [0.1, 0.15) is 254 Å². The Morgan fingerprint density at radius 1 is 0.326 bits per heavy atom. The van der Waals surface area contributed by atoms with Crippen LogP contribution >= 0.6 is 0 Å². The molecule has 0 aromatic heterocycles. The van der Waals surface area contributed by atoms with E-state index < -0.39 is 17.9 Å². The first-order valence-corrected chi connectivity index (χ1v) is 45.6. The fourth-order valence-electron chi connectivity index (χ4n) is 17.5. The molecule has 0 amide bonds. The van der Waals surface area contributed by atoms with E-state index in [1.807, 2.05) is 65.8 Å². The van der Waals surface area contributed by atoms with Gasteiger partial charge in [-0.05, 0) is 353 Å². The van der Waals surface area contributed by atoms with Crippen molar-refractivity contribution >= 4 is 74.8 Å². The van der Waals surface area contributed by atoms with E-state index >= 15 is 0 Å². The topological polar surface area (TPSA) is 118 Å². The summed E-state index contributed by atoms with van der Waals surface area (Å²) in [5.41, 5.74) is 30.4. The largest absolute Gasteiger partial charge is 0.496 e. The zero-order valence-corrected chi connectivity index (χ0v) is 79.1. The minimum atomic E-state index is -0.414. The van der Waals surface area contributed by atoms with Crippen molar-refractivity contribution in [2.75, 3.05) is 19.1 Å². The molecule has 129 heavy (non-hydrogen) atoms. The van der Waals surface area contributed by atoms with Crippen molar-refractivity contribution in [2.45, 2.75) is 193 Å². The molecule has 10 nitrogen and oxygen atoms in total. The van der Waals surface area contributed by atoms with E-state index in [2.05, 4.69) is 280 Å². The molecule has 0 heterocycles. The molecule has 0 N–H and O–H groups in total. The summed E-state index contributed by atoms with van der Waals surface area (Å²) in [6.45, 7) is 35.5. The van der Waals surface area contributed by atoms with Gasteiger partial charge >= 0.3 is 17.9 Å². The number of esters is 3. The Bertz CT molecular complexity index is 6040. The van der Waals surface area contributed by atoms with Gasteiger partial charge in [-0.2, -0.15) is 0 Å². The molecule has 0 saturated heterocycles. The van der Waals surface area contributed by atoms with Crippen LogP contribution in [0.2, 0.25) is 0 Å². The first kappa shape index (κ1) is 96.2. The fourth-order valence-corrected chi connectivity index (χ4v) is 17.5. The zero-order valence-electron chi connectivity index (χ0n) is 79.1. The second kappa shape index (κ2) is 45.3. The molecule has 2 fully saturated rings. The number of nitrogens with zero attached hydrogens (tertiary/aromatic N) is 1. The summed E-state index contributed by atoms with van der Waals surface area (Å²) in [4.78, 5) is 51.8. The molecule has 15 rings (SSSR count). The molecule has 13 aromatic rings. The van der Waals surface area contributed by atoms with Gasteiger partial charge in [0.25, 0.3) is 0 Å². The van der Waals surface area contributed by atoms with Gasteiger partial charge in [-0.15, -0.1) is 0 Å². The maximum atomic E-state index is 13.1. The normalized spacial score (nSPS) is 13.4. The Kier molecular flexibility index (Phi) is 33.8. The lowest BCUT2D eigenvalue weighted by Crippen LogP contribution is -2.30. The number of allylic oxidation sites excluding steroid dienone is 6. The van der Waals surface area contributed by atoms with E-state index in [-0.39, 0.29) is 16.6 Å². The van der Waals surface area contributed by atoms with Crippen molar-refractivity contribution in [1.29, 1.82) is 0 Å². The first-order chi connectivity index (χ1) is 62.3. The van der Waals surface area contributed by atoms with Crippen molar-refractivity contribution in [2.24, 2.45) is 0 Å². The summed E-state index contributed by atoms with van der Waals surface area (Å²) in [5, 5.41) is 1.69. The summed E-state index contributed by atoms with van der Waals surface area (Å²) in [6, 6.07) is 89.2. The highest BCUT2D eigenvalue weighted by atomic mass is 16.5. The van der Waals surface area contributed by atoms with Crippen LogP contribution in [0, 0.1) is 69.2 Å². The van der Waals surface area contributed by atoms with Gasteiger partial charge in [0.2, 0.25) is 0 Å². The lowest BCUT2D eigenvalue weighted by molar-refractivity contribution is 0.0599. The Morgan fingerprint density at radius 3 is 1.06 bits per heavy atom. The number of fused-ring (bicyclic) bond motifs is 1. The molecule has 0 bridgehead atoms. The lowest BCUT2D eigenvalue weighted by Gasteiger charge is -2.39. The number of ketones is 1. The molecule has 0 spiro atoms. The van der Waals surface area contributed by atoms with Crippen LogP contribution in [0.5, 0.6) is 28.7 Å². The Balaban J connectivity index is 0.000000184. The van der Waals surface area contributed by atoms with Crippen LogP contribution < -0.4 is 23.8 Å². The van der Waals surface area contributed by atoms with E-state index in [9.17, 15) is 19.2 Å². The molecule has 13 aromatic carbocycles. The minimum Gasteiger partial charge on any atom is -0.496 e. The number of methoxy groups -OCH3 is 2. The predicted molar refractivity (Wildman–Crippen MR) is 538 cm³/mol. The van der Waals surface area contributed by atoms with Gasteiger partial charge in [0.1, 0.15) is 28.7 Å². The summed E-state index contributed by atoms with van der Waals surface area (Å²) in [6.07, 6.45) is 24.7. The van der Waals surface area contributed by atoms with Crippen LogP contribution in [0.3, 0.4) is 0 Å². The summed E-state index contributed by atoms with van der Waals surface area (Å²) in [5.74, 6) is 2.04. The molecule has 662 valence electrons. The minimum absolute atomic E-state index is 0.00771. The van der Waals surface area contributed by atoms with Crippen LogP contribution in [-0.4, -0.2) is 37.9 Å². The maximum absolute atomic E-state index is 13.1. The number of carbonyl (C=O) groups excluding carboxylic acids is 4. The Morgan fingerprint density at radius 2 is 0.682 bits per heavy atom. The predicted octanol–water partition coefficient (Wildman–Crippen LogP) is 31.8. The summed E-state index contributed by atoms with van der Waals surface area (Å²) < 4.78 is 27.9. The van der Waals surface area contributed by atoms with Crippen molar-refractivity contribution in [3.05, 3.63) is 414 Å². The van der Waals surface area contributed by atoms with Gasteiger partial charge in [-0.3, -0.25) is 4.79 Å². The third-order valence-electron chi connectivity index (χ3n) is 25.6. The van der Waals surface area contributed by atoms with Crippen LogP contribution in [0.15, 0.2) is 291 Å². The number of benzene rings is 13. The number of aryl methyl sites for hydroxylation is 5. The number of carbonyl (C=O) groups is 4. The molecular formula is C119H127NO9. The first-order valence-electron chi connectivity index (χ1n) is 45.6. The number of hydrogen-bond acceptors (Lipinski definition) is 10. The Hall–Kier alpha value is -13.4. The van der Waals surface area contributed by atoms with E-state index in [0.717, 1.165) is 70.3 Å². The standard InChI is InChI=1S/C45H45N.C36H36O4.C34H34O5.2C2H6/c1-32(41-20-10-8-11-21-41)16-14-18-39-24-28-43(29-25-39)46(45-37(6)35(4)34(3)36(5)38(45)7)44-30-26-40(27-31-44)19-15-17-33(2)42-22-12-9-13-23-42;1-24-8-13-30(22-25(24)2)36(20-6-5-7-21-36)31-14-19-34(26(3)23-31)40-35(38)29-11-17-33(18-12-29)39-32-15-9-28(10-16-32)27(4)37;1-22-18-28(12-14-30(22)37-3)34(16-6-5-7-17-34)29-13-15-31(23(2)19-29)39-33(36)27-11-9-24-20-26(32(35)38-4)10-8-25(24)21-27;2*1-2/h8-31H,1-7H3;8-19,22-23H,5-7,20-21H2,1-4H3;8-15,18-21H,5-7,16-17H2,1-4H3;2*1-2H3/b18-14+,19-15+,32-16+,33-17+;;;;. The molecule has 0 atom stereocenters. The Labute approximate surface area is 767 Å². The van der Waals surface area contributed by atoms with Gasteiger partial charge in [-0.25, -0.2) is 14.4 Å². The number of rotatable bonds is 22. The van der Waals surface area contributed by atoms with Gasteiger partial charge < -0.3 is 28.6 Å². The van der Waals surface area contributed by atoms with Gasteiger partial charge in [-0.1, -0.05) is 254 Å². The number of ether oxygens (including phenoxy) is 5. The molecule has 10 heteroatoms. The van der Waals surface area contributed by atoms with Crippen molar-refractivity contribution in [1.82, 2.24) is 0 Å². The summed E-state index contributed by atoms with van der Waals surface area (Å²) in [7, 11) is 3.07. The lowest BCUT2D eigenvalue weighted by atomic mass is 9.65. The molecule has 2 saturated carbocycles. The SMILES string of the molecule is C/C(=C\C=C\c1ccc(N(c2ccc(/C=C/C=C(\C)c3ccccc3)cc2)c2c(C)c(C)c(C)c(C)c2C)cc1)c1ccccc1.CC.CC.CC(=O)c1ccc(Oc2ccc(C(=O)Oc3ccc(C4(c5ccc(C)c(C)c5)CCCCC4)cc3C)cc2)cc1.COC(=O)c1ccc2cc(C(=O)Oc3ccc(C4(c5ccc(OC)c(C)c5)CCCCC4)cc3C)ccc2c1. The van der Waals surface area contributed by atoms with Crippen molar-refractivity contribution in [3.63, 3.8) is 0 Å². The highest BCUT2D eigenvalue weighted by molar-refractivity contribution is 6.00. The van der Waals surface area contributed by atoms with Crippen LogP contribution in [0.4, 0.5) is 17.1 Å². The molecule has 0 radical (unpaired) electrons. The summed E-state index contributed by atoms with van der Waals surface area (Å²) >= 11 is 0. The molecule has 0 unspecified atom stereocenters. The maximum Gasteiger partial charge on any atom is 0.343 e. The van der Waals surface area contributed by atoms with Crippen molar-refractivity contribution in [3.8, 4) is 28.7 Å². The molecular weight excluding hydrogens is 1590 g/mol. The second-order valence-corrected chi connectivity index (χ2v) is 33.6. The quantitative estimate of drug-likeness (QED) is 0.0281. The number of Topliss-reactive ketones (excluding diaryl/α,β-unsaturated/α-hetero) is 1. The molecule has 0 aliphatic heterocycles. The average Bonchev–Trinajstić information content (AvgIpc) is 0.757. The number of anilines is 3. The van der Waals surface area contributed by atoms with E-state index in [1.54, 1.807) is 79.9 Å². The van der Waals surface area contributed by atoms with Crippen LogP contribution in [0.25, 0.3) is 34.1 Å². The van der Waals surface area contributed by atoms with Crippen molar-refractivity contribution < 1.29 is 42.9 Å². The number of hydrogen-bond donors (Lipinski definition) is 0. The van der Waals surface area contributed by atoms with Gasteiger partial charge in [0.15, 0.2) is 5.78 Å². The molecule has 2 aliphatic carbocycles.